The Kier molecular flexibility index (Phi) is 2.87. The maximum atomic E-state index is 11.8. The number of nitrogens with zero attached hydrogens (tertiary/aromatic N) is 1. The molecule has 1 aliphatic carbocycles. The molecule has 1 amide bonds. The number of amides is 1. The van der Waals surface area contributed by atoms with Gasteiger partial charge in [-0.2, -0.15) is 0 Å². The second kappa shape index (κ2) is 4.13. The van der Waals surface area contributed by atoms with E-state index in [1.807, 2.05) is 4.90 Å². The molecule has 1 aliphatic heterocycles. The van der Waals surface area contributed by atoms with Crippen molar-refractivity contribution < 1.29 is 9.53 Å². The number of morpholine rings is 1. The first-order valence-corrected chi connectivity index (χ1v) is 5.32. The molecule has 1 heterocycles. The van der Waals surface area contributed by atoms with Crippen LogP contribution in [0.1, 0.15) is 19.3 Å². The van der Waals surface area contributed by atoms with Crippen molar-refractivity contribution in [3.8, 4) is 0 Å². The molecule has 2 rings (SSSR count). The van der Waals surface area contributed by atoms with Gasteiger partial charge in [0.1, 0.15) is 6.10 Å². The highest BCUT2D eigenvalue weighted by Crippen LogP contribution is 2.30. The molecule has 1 atom stereocenters. The fourth-order valence-electron chi connectivity index (χ4n) is 1.80. The van der Waals surface area contributed by atoms with E-state index in [1.54, 1.807) is 6.08 Å². The van der Waals surface area contributed by atoms with Crippen LogP contribution < -0.4 is 0 Å². The van der Waals surface area contributed by atoms with E-state index in [2.05, 4.69) is 6.58 Å². The lowest BCUT2D eigenvalue weighted by Crippen LogP contribution is -2.48. The molecule has 0 radical (unpaired) electrons. The van der Waals surface area contributed by atoms with Crippen molar-refractivity contribution in [2.75, 3.05) is 19.7 Å². The van der Waals surface area contributed by atoms with E-state index >= 15 is 0 Å². The molecule has 0 aromatic rings. The number of carbonyl (C=O) groups excluding carboxylic acids is 1. The molecule has 0 N–H and O–H groups in total. The topological polar surface area (TPSA) is 29.5 Å². The molecule has 78 valence electrons. The fourth-order valence-corrected chi connectivity index (χ4v) is 1.80. The summed E-state index contributed by atoms with van der Waals surface area (Å²) in [4.78, 5) is 13.8. The van der Waals surface area contributed by atoms with Crippen LogP contribution in [0.15, 0.2) is 12.7 Å². The maximum Gasteiger partial charge on any atom is 0.252 e. The Morgan fingerprint density at radius 2 is 2.36 bits per heavy atom. The third-order valence-corrected chi connectivity index (χ3v) is 2.82. The highest BCUT2D eigenvalue weighted by molar-refractivity contribution is 5.81. The first kappa shape index (κ1) is 9.71. The minimum absolute atomic E-state index is 0.156. The SMILES string of the molecule is C=CCC1OCCN(CC2CC2)C1=O. The lowest BCUT2D eigenvalue weighted by molar-refractivity contribution is -0.152. The maximum absolute atomic E-state index is 11.8. The Hall–Kier alpha value is -0.830. The zero-order chi connectivity index (χ0) is 9.97. The van der Waals surface area contributed by atoms with Gasteiger partial charge in [0.05, 0.1) is 6.61 Å². The molecule has 1 saturated carbocycles. The zero-order valence-electron chi connectivity index (χ0n) is 8.45. The molecule has 3 nitrogen and oxygen atoms in total. The third-order valence-electron chi connectivity index (χ3n) is 2.82. The summed E-state index contributed by atoms with van der Waals surface area (Å²) in [7, 11) is 0. The first-order valence-electron chi connectivity index (χ1n) is 5.32. The van der Waals surface area contributed by atoms with E-state index in [0.29, 0.717) is 13.0 Å². The van der Waals surface area contributed by atoms with E-state index in [-0.39, 0.29) is 12.0 Å². The molecule has 1 unspecified atom stereocenters. The molecule has 14 heavy (non-hydrogen) atoms. The lowest BCUT2D eigenvalue weighted by atomic mass is 10.2. The summed E-state index contributed by atoms with van der Waals surface area (Å²) >= 11 is 0. The Morgan fingerprint density at radius 1 is 1.57 bits per heavy atom. The predicted molar refractivity (Wildman–Crippen MR) is 53.9 cm³/mol. The van der Waals surface area contributed by atoms with E-state index in [1.165, 1.54) is 12.8 Å². The van der Waals surface area contributed by atoms with Crippen LogP contribution in [0.5, 0.6) is 0 Å². The molecular formula is C11H17NO2. The van der Waals surface area contributed by atoms with Crippen LogP contribution in [0.4, 0.5) is 0 Å². The van der Waals surface area contributed by atoms with Gasteiger partial charge >= 0.3 is 0 Å². The number of hydrogen-bond acceptors (Lipinski definition) is 2. The second-order valence-electron chi connectivity index (χ2n) is 4.11. The molecule has 1 saturated heterocycles. The summed E-state index contributed by atoms with van der Waals surface area (Å²) in [6.45, 7) is 6.02. The summed E-state index contributed by atoms with van der Waals surface area (Å²) in [6, 6.07) is 0. The van der Waals surface area contributed by atoms with Crippen LogP contribution in [0.25, 0.3) is 0 Å². The summed E-state index contributed by atoms with van der Waals surface area (Å²) in [5, 5.41) is 0. The molecule has 2 fully saturated rings. The first-order chi connectivity index (χ1) is 6.81. The molecule has 0 bridgehead atoms. The van der Waals surface area contributed by atoms with Crippen molar-refractivity contribution in [1.29, 1.82) is 0 Å². The van der Waals surface area contributed by atoms with Crippen molar-refractivity contribution in [1.82, 2.24) is 4.90 Å². The largest absolute Gasteiger partial charge is 0.366 e. The fraction of sp³-hybridized carbons (Fsp3) is 0.727. The van der Waals surface area contributed by atoms with Crippen molar-refractivity contribution in [2.45, 2.75) is 25.4 Å². The molecule has 0 spiro atoms. The Balaban J connectivity index is 1.89. The lowest BCUT2D eigenvalue weighted by Gasteiger charge is -2.32. The quantitative estimate of drug-likeness (QED) is 0.631. The van der Waals surface area contributed by atoms with Gasteiger partial charge < -0.3 is 9.64 Å². The van der Waals surface area contributed by atoms with E-state index < -0.39 is 0 Å². The van der Waals surface area contributed by atoms with Gasteiger partial charge in [-0.1, -0.05) is 6.08 Å². The minimum atomic E-state index is -0.264. The summed E-state index contributed by atoms with van der Waals surface area (Å²) in [6.07, 6.45) is 4.71. The summed E-state index contributed by atoms with van der Waals surface area (Å²) < 4.78 is 5.40. The van der Waals surface area contributed by atoms with Gasteiger partial charge in [-0.3, -0.25) is 4.79 Å². The normalized spacial score (nSPS) is 27.9. The smallest absolute Gasteiger partial charge is 0.252 e. The van der Waals surface area contributed by atoms with Crippen molar-refractivity contribution in [3.63, 3.8) is 0 Å². The average molecular weight is 195 g/mol. The van der Waals surface area contributed by atoms with Gasteiger partial charge in [0.15, 0.2) is 0 Å². The van der Waals surface area contributed by atoms with E-state index in [4.69, 9.17) is 4.74 Å². The minimum Gasteiger partial charge on any atom is -0.366 e. The van der Waals surface area contributed by atoms with Gasteiger partial charge in [-0.25, -0.2) is 0 Å². The van der Waals surface area contributed by atoms with Crippen molar-refractivity contribution in [3.05, 3.63) is 12.7 Å². The van der Waals surface area contributed by atoms with Crippen LogP contribution in [0.3, 0.4) is 0 Å². The molecule has 3 heteroatoms. The Bertz CT molecular complexity index is 235. The van der Waals surface area contributed by atoms with Gasteiger partial charge in [0.2, 0.25) is 0 Å². The van der Waals surface area contributed by atoms with Crippen LogP contribution in [-0.4, -0.2) is 36.6 Å². The average Bonchev–Trinajstić information content (AvgIpc) is 2.96. The van der Waals surface area contributed by atoms with Gasteiger partial charge in [0, 0.05) is 19.5 Å². The summed E-state index contributed by atoms with van der Waals surface area (Å²) in [5.74, 6) is 0.921. The standard InChI is InChI=1S/C11H17NO2/c1-2-3-10-11(13)12(6-7-14-10)8-9-4-5-9/h2,9-10H,1,3-8H2. The number of ether oxygens (including phenoxy) is 1. The highest BCUT2D eigenvalue weighted by Gasteiger charge is 2.32. The zero-order valence-corrected chi connectivity index (χ0v) is 8.45. The van der Waals surface area contributed by atoms with Crippen LogP contribution >= 0.6 is 0 Å². The molecule has 2 aliphatic rings. The third kappa shape index (κ3) is 2.15. The second-order valence-corrected chi connectivity index (χ2v) is 4.11. The molecule has 0 aromatic heterocycles. The van der Waals surface area contributed by atoms with Crippen LogP contribution in [-0.2, 0) is 9.53 Å². The van der Waals surface area contributed by atoms with Crippen molar-refractivity contribution in [2.24, 2.45) is 5.92 Å². The molecule has 0 aromatic carbocycles. The van der Waals surface area contributed by atoms with E-state index in [0.717, 1.165) is 19.0 Å². The van der Waals surface area contributed by atoms with Crippen LogP contribution in [0, 0.1) is 5.92 Å². The van der Waals surface area contributed by atoms with Crippen LogP contribution in [0.2, 0.25) is 0 Å². The molecular weight excluding hydrogens is 178 g/mol. The number of hydrogen-bond donors (Lipinski definition) is 0. The van der Waals surface area contributed by atoms with Gasteiger partial charge in [0.25, 0.3) is 5.91 Å². The number of rotatable bonds is 4. The Labute approximate surface area is 84.7 Å². The predicted octanol–water partition coefficient (Wildman–Crippen LogP) is 1.20. The monoisotopic (exact) mass is 195 g/mol. The van der Waals surface area contributed by atoms with Crippen molar-refractivity contribution >= 4 is 5.91 Å². The van der Waals surface area contributed by atoms with E-state index in [9.17, 15) is 4.79 Å². The Morgan fingerprint density at radius 3 is 3.00 bits per heavy atom. The van der Waals surface area contributed by atoms with Gasteiger partial charge in [-0.05, 0) is 18.8 Å². The number of carbonyl (C=O) groups is 1. The van der Waals surface area contributed by atoms with Gasteiger partial charge in [-0.15, -0.1) is 6.58 Å². The summed E-state index contributed by atoms with van der Waals surface area (Å²) in [5.41, 5.74) is 0. The highest BCUT2D eigenvalue weighted by atomic mass is 16.5.